The van der Waals surface area contributed by atoms with Crippen LogP contribution in [0.4, 0.5) is 0 Å². The number of carbonyl (C=O) groups excluding carboxylic acids is 1. The first-order chi connectivity index (χ1) is 8.53. The minimum Gasteiger partial charge on any atom is -0.396 e. The van der Waals surface area contributed by atoms with Gasteiger partial charge in [0.05, 0.1) is 0 Å². The Bertz CT molecular complexity index is 250. The molecule has 1 amide bonds. The third-order valence-electron chi connectivity index (χ3n) is 3.60. The van der Waals surface area contributed by atoms with Gasteiger partial charge in [-0.15, -0.1) is 0 Å². The number of hydrogen-bond acceptors (Lipinski definition) is 3. The predicted molar refractivity (Wildman–Crippen MR) is 77.8 cm³/mol. The number of aliphatic hydroxyl groups is 1. The molecule has 0 aromatic rings. The maximum absolute atomic E-state index is 11.7. The van der Waals surface area contributed by atoms with Gasteiger partial charge in [-0.1, -0.05) is 13.8 Å². The lowest BCUT2D eigenvalue weighted by molar-refractivity contribution is -0.122. The summed E-state index contributed by atoms with van der Waals surface area (Å²) < 4.78 is 0. The average Bonchev–Trinajstić information content (AvgIpc) is 2.36. The van der Waals surface area contributed by atoms with Crippen molar-refractivity contribution in [3.05, 3.63) is 0 Å². The molecule has 0 aromatic carbocycles. The number of thioether (sulfide) groups is 1. The Morgan fingerprint density at radius 1 is 1.39 bits per heavy atom. The van der Waals surface area contributed by atoms with E-state index in [0.29, 0.717) is 12.3 Å². The van der Waals surface area contributed by atoms with Gasteiger partial charge in [-0.3, -0.25) is 4.79 Å². The average molecular weight is 273 g/mol. The second-order valence-electron chi connectivity index (χ2n) is 6.04. The Labute approximate surface area is 115 Å². The quantitative estimate of drug-likeness (QED) is 0.700. The highest BCUT2D eigenvalue weighted by Crippen LogP contribution is 2.25. The number of carbonyl (C=O) groups is 1. The molecule has 1 rings (SSSR count). The van der Waals surface area contributed by atoms with Gasteiger partial charge in [-0.2, -0.15) is 11.8 Å². The lowest BCUT2D eigenvalue weighted by atomic mass is 9.89. The first-order valence-electron chi connectivity index (χ1n) is 6.99. The molecule has 3 nitrogen and oxygen atoms in total. The molecule has 1 saturated heterocycles. The van der Waals surface area contributed by atoms with Crippen LogP contribution >= 0.6 is 11.8 Å². The maximum Gasteiger partial charge on any atom is 0.220 e. The lowest BCUT2D eigenvalue weighted by Crippen LogP contribution is -2.28. The topological polar surface area (TPSA) is 49.3 Å². The highest BCUT2D eigenvalue weighted by molar-refractivity contribution is 7.99. The van der Waals surface area contributed by atoms with E-state index in [1.807, 2.05) is 11.8 Å². The summed E-state index contributed by atoms with van der Waals surface area (Å²) in [4.78, 5) is 11.7. The Morgan fingerprint density at radius 2 is 2.06 bits per heavy atom. The predicted octanol–water partition coefficient (Wildman–Crippen LogP) is 2.43. The normalized spacial score (nSPS) is 17.7. The molecule has 0 atom stereocenters. The molecule has 1 aliphatic rings. The van der Waals surface area contributed by atoms with Crippen molar-refractivity contribution < 1.29 is 9.90 Å². The van der Waals surface area contributed by atoms with Gasteiger partial charge in [0, 0.05) is 19.6 Å². The van der Waals surface area contributed by atoms with Gasteiger partial charge in [-0.25, -0.2) is 0 Å². The Hall–Kier alpha value is -0.220. The fourth-order valence-corrected chi connectivity index (χ4v) is 3.36. The Kier molecular flexibility index (Phi) is 7.08. The van der Waals surface area contributed by atoms with Crippen molar-refractivity contribution in [3.8, 4) is 0 Å². The van der Waals surface area contributed by atoms with Gasteiger partial charge in [0.1, 0.15) is 0 Å². The van der Waals surface area contributed by atoms with Crippen molar-refractivity contribution in [1.82, 2.24) is 5.32 Å². The smallest absolute Gasteiger partial charge is 0.220 e. The minimum atomic E-state index is -0.0225. The van der Waals surface area contributed by atoms with Crippen LogP contribution in [0.3, 0.4) is 0 Å². The molecule has 0 spiro atoms. The highest BCUT2D eigenvalue weighted by atomic mass is 32.2. The van der Waals surface area contributed by atoms with Crippen molar-refractivity contribution in [2.24, 2.45) is 11.3 Å². The zero-order valence-electron chi connectivity index (χ0n) is 11.7. The summed E-state index contributed by atoms with van der Waals surface area (Å²) in [6.45, 7) is 5.05. The van der Waals surface area contributed by atoms with Crippen molar-refractivity contribution in [3.63, 3.8) is 0 Å². The minimum absolute atomic E-state index is 0.0225. The number of amides is 1. The van der Waals surface area contributed by atoms with Crippen molar-refractivity contribution in [2.75, 3.05) is 24.7 Å². The SMILES string of the molecule is CC(C)(CO)CCCNC(=O)CC1CCSCC1. The molecule has 2 N–H and O–H groups in total. The van der Waals surface area contributed by atoms with Crippen molar-refractivity contribution >= 4 is 17.7 Å². The number of rotatable bonds is 7. The summed E-state index contributed by atoms with van der Waals surface area (Å²) in [6, 6.07) is 0. The van der Waals surface area contributed by atoms with Gasteiger partial charge >= 0.3 is 0 Å². The van der Waals surface area contributed by atoms with E-state index in [-0.39, 0.29) is 17.9 Å². The third kappa shape index (κ3) is 6.64. The molecule has 4 heteroatoms. The van der Waals surface area contributed by atoms with Gasteiger partial charge in [0.2, 0.25) is 5.91 Å². The molecular formula is C14H27NO2S. The molecule has 0 bridgehead atoms. The zero-order valence-corrected chi connectivity index (χ0v) is 12.5. The molecule has 0 unspecified atom stereocenters. The second kappa shape index (κ2) is 8.05. The van der Waals surface area contributed by atoms with E-state index >= 15 is 0 Å². The van der Waals surface area contributed by atoms with Crippen LogP contribution in [0.1, 0.15) is 46.0 Å². The van der Waals surface area contributed by atoms with E-state index in [0.717, 1.165) is 19.4 Å². The van der Waals surface area contributed by atoms with E-state index in [9.17, 15) is 4.79 Å². The molecule has 1 fully saturated rings. The Balaban J connectivity index is 2.06. The molecule has 0 aliphatic carbocycles. The molecule has 18 heavy (non-hydrogen) atoms. The standard InChI is InChI=1S/C14H27NO2S/c1-14(2,11-16)6-3-7-15-13(17)10-12-4-8-18-9-5-12/h12,16H,3-11H2,1-2H3,(H,15,17). The van der Waals surface area contributed by atoms with Crippen LogP contribution in [0.15, 0.2) is 0 Å². The number of hydrogen-bond donors (Lipinski definition) is 2. The molecule has 0 aromatic heterocycles. The molecule has 0 radical (unpaired) electrons. The van der Waals surface area contributed by atoms with E-state index in [4.69, 9.17) is 5.11 Å². The fraction of sp³-hybridized carbons (Fsp3) is 0.929. The van der Waals surface area contributed by atoms with Crippen molar-refractivity contribution in [1.29, 1.82) is 0 Å². The fourth-order valence-electron chi connectivity index (χ4n) is 2.16. The zero-order chi connectivity index (χ0) is 13.4. The molecule has 0 saturated carbocycles. The van der Waals surface area contributed by atoms with Crippen LogP contribution in [0.5, 0.6) is 0 Å². The summed E-state index contributed by atoms with van der Waals surface area (Å²) in [6.07, 6.45) is 4.97. The molecule has 106 valence electrons. The summed E-state index contributed by atoms with van der Waals surface area (Å²) in [5.41, 5.74) is -0.0225. The van der Waals surface area contributed by atoms with Crippen LogP contribution in [-0.2, 0) is 4.79 Å². The van der Waals surface area contributed by atoms with E-state index < -0.39 is 0 Å². The summed E-state index contributed by atoms with van der Waals surface area (Å²) >= 11 is 2.00. The van der Waals surface area contributed by atoms with Gasteiger partial charge in [-0.05, 0) is 48.5 Å². The maximum atomic E-state index is 11.7. The van der Waals surface area contributed by atoms with Gasteiger partial charge < -0.3 is 10.4 Å². The lowest BCUT2D eigenvalue weighted by Gasteiger charge is -2.22. The van der Waals surface area contributed by atoms with Crippen LogP contribution < -0.4 is 5.32 Å². The van der Waals surface area contributed by atoms with E-state index in [1.54, 1.807) is 0 Å². The van der Waals surface area contributed by atoms with Crippen LogP contribution in [0.2, 0.25) is 0 Å². The van der Waals surface area contributed by atoms with Gasteiger partial charge in [0.25, 0.3) is 0 Å². The highest BCUT2D eigenvalue weighted by Gasteiger charge is 2.18. The molecule has 1 heterocycles. The largest absolute Gasteiger partial charge is 0.396 e. The van der Waals surface area contributed by atoms with Crippen molar-refractivity contribution in [2.45, 2.75) is 46.0 Å². The van der Waals surface area contributed by atoms with E-state index in [1.165, 1.54) is 24.3 Å². The number of aliphatic hydroxyl groups excluding tert-OH is 1. The molecule has 1 aliphatic heterocycles. The second-order valence-corrected chi connectivity index (χ2v) is 7.26. The van der Waals surface area contributed by atoms with E-state index in [2.05, 4.69) is 19.2 Å². The first-order valence-corrected chi connectivity index (χ1v) is 8.14. The molecular weight excluding hydrogens is 246 g/mol. The Morgan fingerprint density at radius 3 is 2.67 bits per heavy atom. The summed E-state index contributed by atoms with van der Waals surface area (Å²) in [5.74, 6) is 3.22. The van der Waals surface area contributed by atoms with Crippen LogP contribution in [-0.4, -0.2) is 35.7 Å². The number of nitrogens with one attached hydrogen (secondary N) is 1. The summed E-state index contributed by atoms with van der Waals surface area (Å²) in [7, 11) is 0. The summed E-state index contributed by atoms with van der Waals surface area (Å²) in [5, 5.41) is 12.1. The third-order valence-corrected chi connectivity index (χ3v) is 4.64. The first kappa shape index (κ1) is 15.8. The van der Waals surface area contributed by atoms with Crippen LogP contribution in [0, 0.1) is 11.3 Å². The van der Waals surface area contributed by atoms with Crippen LogP contribution in [0.25, 0.3) is 0 Å². The van der Waals surface area contributed by atoms with Gasteiger partial charge in [0.15, 0.2) is 0 Å². The monoisotopic (exact) mass is 273 g/mol.